The average Bonchev–Trinajstić information content (AvgIpc) is 3.24. The Labute approximate surface area is 200 Å². The molecule has 0 bridgehead atoms. The second kappa shape index (κ2) is 10.3. The number of imidazole rings is 1. The first-order valence-electron chi connectivity index (χ1n) is 10.9. The molecule has 4 aromatic rings. The van der Waals surface area contributed by atoms with Crippen LogP contribution in [0.25, 0.3) is 11.2 Å². The fourth-order valence-electron chi connectivity index (χ4n) is 3.50. The molecule has 0 radical (unpaired) electrons. The lowest BCUT2D eigenvalue weighted by molar-refractivity contribution is 0.0938. The smallest absolute Gasteiger partial charge is 0.329 e. The molecule has 3 N–H and O–H groups in total. The van der Waals surface area contributed by atoms with Crippen molar-refractivity contribution in [2.24, 2.45) is 12.1 Å². The van der Waals surface area contributed by atoms with Crippen LogP contribution in [0.5, 0.6) is 11.5 Å². The van der Waals surface area contributed by atoms with Crippen LogP contribution in [0.15, 0.2) is 69.3 Å². The summed E-state index contributed by atoms with van der Waals surface area (Å²) in [6.07, 6.45) is -0.976. The maximum Gasteiger partial charge on any atom is 0.329 e. The van der Waals surface area contributed by atoms with Gasteiger partial charge >= 0.3 is 5.69 Å². The Balaban J connectivity index is 1.64. The van der Waals surface area contributed by atoms with E-state index in [1.54, 1.807) is 19.2 Å². The van der Waals surface area contributed by atoms with Gasteiger partial charge in [-0.3, -0.25) is 14.3 Å². The molecule has 11 nitrogen and oxygen atoms in total. The molecule has 0 aliphatic heterocycles. The first-order valence-corrected chi connectivity index (χ1v) is 10.9. The number of nitrogens with zero attached hydrogens (tertiary/aromatic N) is 4. The quantitative estimate of drug-likeness (QED) is 0.246. The number of aryl methyl sites for hydroxylation is 1. The highest BCUT2D eigenvalue weighted by atomic mass is 16.5. The van der Waals surface area contributed by atoms with E-state index in [4.69, 9.17) is 9.47 Å². The Morgan fingerprint density at radius 1 is 1.14 bits per heavy atom. The minimum Gasteiger partial charge on any atom is -0.497 e. The molecule has 1 unspecified atom stereocenters. The van der Waals surface area contributed by atoms with E-state index >= 15 is 0 Å². The largest absolute Gasteiger partial charge is 0.497 e. The summed E-state index contributed by atoms with van der Waals surface area (Å²) in [4.78, 5) is 31.4. The summed E-state index contributed by atoms with van der Waals surface area (Å²) < 4.78 is 13.5. The predicted molar refractivity (Wildman–Crippen MR) is 132 cm³/mol. The Bertz CT molecular complexity index is 1450. The number of para-hydroxylation sites is 1. The van der Waals surface area contributed by atoms with Gasteiger partial charge in [-0.2, -0.15) is 10.1 Å². The van der Waals surface area contributed by atoms with Crippen molar-refractivity contribution in [1.82, 2.24) is 19.1 Å². The number of fused-ring (bicyclic) bond motifs is 1. The van der Waals surface area contributed by atoms with Crippen LogP contribution in [0.2, 0.25) is 0 Å². The third kappa shape index (κ3) is 5.25. The molecule has 0 spiro atoms. The van der Waals surface area contributed by atoms with Gasteiger partial charge in [0.05, 0.1) is 19.4 Å². The van der Waals surface area contributed by atoms with Crippen LogP contribution in [0.1, 0.15) is 12.5 Å². The molecule has 0 fully saturated rings. The van der Waals surface area contributed by atoms with E-state index in [1.807, 2.05) is 49.4 Å². The van der Waals surface area contributed by atoms with Crippen molar-refractivity contribution in [3.63, 3.8) is 0 Å². The molecular formula is C24H26N6O5. The summed E-state index contributed by atoms with van der Waals surface area (Å²) in [7, 11) is 3.10. The molecule has 2 aromatic carbocycles. The normalized spacial score (nSPS) is 12.5. The first kappa shape index (κ1) is 23.8. The number of aromatic nitrogens is 4. The SMILES string of the molecule is COc1ccc(/C(C)=N/Nc2nc3c(c(=O)[nH]c(=O)n3C)n2CC(O)COc2ccccc2)cc1. The number of hydrogen-bond acceptors (Lipinski definition) is 8. The topological polar surface area (TPSA) is 136 Å². The molecule has 2 heterocycles. The maximum absolute atomic E-state index is 12.6. The second-order valence-corrected chi connectivity index (χ2v) is 7.85. The van der Waals surface area contributed by atoms with Gasteiger partial charge in [-0.05, 0) is 48.9 Å². The lowest BCUT2D eigenvalue weighted by atomic mass is 10.1. The molecule has 0 amide bonds. The van der Waals surface area contributed by atoms with Crippen molar-refractivity contribution in [3.05, 3.63) is 81.0 Å². The fraction of sp³-hybridized carbons (Fsp3) is 0.250. The number of ether oxygens (including phenoxy) is 2. The Morgan fingerprint density at radius 3 is 2.54 bits per heavy atom. The van der Waals surface area contributed by atoms with E-state index in [9.17, 15) is 14.7 Å². The number of rotatable bonds is 9. The van der Waals surface area contributed by atoms with Crippen LogP contribution in [-0.2, 0) is 13.6 Å². The second-order valence-electron chi connectivity index (χ2n) is 7.85. The minimum absolute atomic E-state index is 0.0130. The van der Waals surface area contributed by atoms with Crippen LogP contribution in [0, 0.1) is 0 Å². The lowest BCUT2D eigenvalue weighted by Crippen LogP contribution is -2.30. The van der Waals surface area contributed by atoms with Crippen LogP contribution in [0.4, 0.5) is 5.95 Å². The Morgan fingerprint density at radius 2 is 1.86 bits per heavy atom. The molecule has 0 aliphatic carbocycles. The van der Waals surface area contributed by atoms with Crippen molar-refractivity contribution in [2.45, 2.75) is 19.6 Å². The molecule has 11 heteroatoms. The van der Waals surface area contributed by atoms with Gasteiger partial charge in [-0.25, -0.2) is 10.2 Å². The zero-order valence-corrected chi connectivity index (χ0v) is 19.6. The summed E-state index contributed by atoms with van der Waals surface area (Å²) in [6.45, 7) is 1.78. The van der Waals surface area contributed by atoms with Gasteiger partial charge in [0.25, 0.3) is 5.56 Å². The van der Waals surface area contributed by atoms with E-state index in [0.717, 1.165) is 11.3 Å². The number of aromatic amines is 1. The number of aliphatic hydroxyl groups excluding tert-OH is 1. The van der Waals surface area contributed by atoms with Gasteiger partial charge in [0.15, 0.2) is 11.2 Å². The number of H-pyrrole nitrogens is 1. The first-order chi connectivity index (χ1) is 16.9. The molecular weight excluding hydrogens is 452 g/mol. The van der Waals surface area contributed by atoms with Gasteiger partial charge in [-0.1, -0.05) is 18.2 Å². The third-order valence-electron chi connectivity index (χ3n) is 5.42. The predicted octanol–water partition coefficient (Wildman–Crippen LogP) is 1.71. The Kier molecular flexibility index (Phi) is 6.97. The van der Waals surface area contributed by atoms with Crippen molar-refractivity contribution in [1.29, 1.82) is 0 Å². The van der Waals surface area contributed by atoms with Crippen molar-refractivity contribution in [3.8, 4) is 11.5 Å². The third-order valence-corrected chi connectivity index (χ3v) is 5.42. The molecule has 0 saturated heterocycles. The number of benzene rings is 2. The monoisotopic (exact) mass is 478 g/mol. The maximum atomic E-state index is 12.6. The molecule has 0 saturated carbocycles. The highest BCUT2D eigenvalue weighted by molar-refractivity contribution is 5.99. The van der Waals surface area contributed by atoms with Gasteiger partial charge in [0.2, 0.25) is 5.95 Å². The average molecular weight is 479 g/mol. The van der Waals surface area contributed by atoms with E-state index in [0.29, 0.717) is 11.5 Å². The molecule has 35 heavy (non-hydrogen) atoms. The van der Waals surface area contributed by atoms with E-state index in [2.05, 4.69) is 20.5 Å². The van der Waals surface area contributed by atoms with E-state index in [1.165, 1.54) is 16.2 Å². The number of methoxy groups -OCH3 is 1. The molecule has 1 atom stereocenters. The van der Waals surface area contributed by atoms with Gasteiger partial charge in [0, 0.05) is 7.05 Å². The molecule has 2 aromatic heterocycles. The Hall–Kier alpha value is -4.38. The zero-order valence-electron chi connectivity index (χ0n) is 19.6. The van der Waals surface area contributed by atoms with Gasteiger partial charge in [0.1, 0.15) is 24.2 Å². The van der Waals surface area contributed by atoms with Crippen molar-refractivity contribution >= 4 is 22.8 Å². The fourth-order valence-corrected chi connectivity index (χ4v) is 3.50. The number of nitrogens with one attached hydrogen (secondary N) is 2. The summed E-state index contributed by atoms with van der Waals surface area (Å²) >= 11 is 0. The highest BCUT2D eigenvalue weighted by Crippen LogP contribution is 2.18. The molecule has 182 valence electrons. The minimum atomic E-state index is -0.976. The van der Waals surface area contributed by atoms with Crippen molar-refractivity contribution < 1.29 is 14.6 Å². The van der Waals surface area contributed by atoms with E-state index in [-0.39, 0.29) is 30.3 Å². The lowest BCUT2D eigenvalue weighted by Gasteiger charge is -2.15. The highest BCUT2D eigenvalue weighted by Gasteiger charge is 2.20. The van der Waals surface area contributed by atoms with E-state index < -0.39 is 17.4 Å². The summed E-state index contributed by atoms with van der Waals surface area (Å²) in [5, 5.41) is 15.0. The molecule has 4 rings (SSSR count). The number of aliphatic hydroxyl groups is 1. The molecule has 0 aliphatic rings. The van der Waals surface area contributed by atoms with Crippen LogP contribution >= 0.6 is 0 Å². The number of hydrazone groups is 1. The summed E-state index contributed by atoms with van der Waals surface area (Å²) in [6, 6.07) is 16.5. The van der Waals surface area contributed by atoms with Gasteiger partial charge in [-0.15, -0.1) is 0 Å². The van der Waals surface area contributed by atoms with Crippen LogP contribution in [-0.4, -0.2) is 49.7 Å². The summed E-state index contributed by atoms with van der Waals surface area (Å²) in [5.74, 6) is 1.53. The standard InChI is InChI=1S/C24H26N6O5/c1-15(16-9-11-18(34-3)12-10-16)27-28-23-25-21-20(22(32)26-24(33)29(21)2)30(23)13-17(31)14-35-19-7-5-4-6-8-19/h4-12,17,31H,13-14H2,1-3H3,(H,25,28)(H,26,32,33)/b27-15+. The van der Waals surface area contributed by atoms with Crippen LogP contribution < -0.4 is 26.1 Å². The number of hydrogen-bond donors (Lipinski definition) is 3. The zero-order chi connectivity index (χ0) is 24.9. The summed E-state index contributed by atoms with van der Waals surface area (Å²) in [5.41, 5.74) is 3.46. The number of anilines is 1. The van der Waals surface area contributed by atoms with Crippen molar-refractivity contribution in [2.75, 3.05) is 19.1 Å². The van der Waals surface area contributed by atoms with Crippen LogP contribution in [0.3, 0.4) is 0 Å². The van der Waals surface area contributed by atoms with Gasteiger partial charge < -0.3 is 19.1 Å².